The second kappa shape index (κ2) is 3.05. The lowest BCUT2D eigenvalue weighted by Gasteiger charge is -2.13. The third kappa shape index (κ3) is 1.24. The number of aromatic hydroxyl groups is 1. The topological polar surface area (TPSA) is 37.3 Å². The van der Waals surface area contributed by atoms with Crippen molar-refractivity contribution in [1.29, 1.82) is 0 Å². The molecule has 0 spiro atoms. The zero-order valence-electron chi connectivity index (χ0n) is 7.16. The van der Waals surface area contributed by atoms with E-state index in [0.717, 1.165) is 24.0 Å². The van der Waals surface area contributed by atoms with E-state index in [4.69, 9.17) is 0 Å². The molecule has 1 N–H and O–H groups in total. The van der Waals surface area contributed by atoms with Crippen LogP contribution in [-0.4, -0.2) is 11.4 Å². The zero-order valence-corrected chi connectivity index (χ0v) is 7.16. The van der Waals surface area contributed by atoms with Gasteiger partial charge in [-0.25, -0.2) is 0 Å². The fraction of sp³-hybridized carbons (Fsp3) is 0.182. The van der Waals surface area contributed by atoms with Crippen LogP contribution in [0.25, 0.3) is 0 Å². The lowest BCUT2D eigenvalue weighted by molar-refractivity contribution is 0.112. The van der Waals surface area contributed by atoms with Gasteiger partial charge in [-0.2, -0.15) is 0 Å². The molecule has 66 valence electrons. The van der Waals surface area contributed by atoms with Gasteiger partial charge >= 0.3 is 0 Å². The second-order valence-electron chi connectivity index (χ2n) is 3.14. The van der Waals surface area contributed by atoms with Crippen molar-refractivity contribution in [2.24, 2.45) is 0 Å². The van der Waals surface area contributed by atoms with Crippen molar-refractivity contribution in [2.45, 2.75) is 12.8 Å². The molecule has 0 aliphatic heterocycles. The number of hydrogen-bond acceptors (Lipinski definition) is 2. The fourth-order valence-corrected chi connectivity index (χ4v) is 1.62. The first-order valence-electron chi connectivity index (χ1n) is 4.27. The van der Waals surface area contributed by atoms with Gasteiger partial charge in [0.05, 0.1) is 5.56 Å². The van der Waals surface area contributed by atoms with Crippen LogP contribution in [0.2, 0.25) is 0 Å². The first-order chi connectivity index (χ1) is 6.33. The molecule has 2 nitrogen and oxygen atoms in total. The van der Waals surface area contributed by atoms with Crippen LogP contribution in [0.4, 0.5) is 0 Å². The third-order valence-electron chi connectivity index (χ3n) is 2.36. The summed E-state index contributed by atoms with van der Waals surface area (Å²) in [6.45, 7) is 0. The van der Waals surface area contributed by atoms with E-state index in [1.165, 1.54) is 0 Å². The van der Waals surface area contributed by atoms with Gasteiger partial charge in [0.1, 0.15) is 5.75 Å². The molecule has 0 aromatic heterocycles. The predicted molar refractivity (Wildman–Crippen MR) is 50.0 cm³/mol. The van der Waals surface area contributed by atoms with Crippen LogP contribution in [0.1, 0.15) is 21.5 Å². The SMILES string of the molecule is O=Cc1ccc2c(c1O)CC=CC2. The Morgan fingerprint density at radius 3 is 2.77 bits per heavy atom. The van der Waals surface area contributed by atoms with E-state index in [9.17, 15) is 9.90 Å². The third-order valence-corrected chi connectivity index (χ3v) is 2.36. The quantitative estimate of drug-likeness (QED) is 0.521. The lowest BCUT2D eigenvalue weighted by atomic mass is 9.94. The normalized spacial score (nSPS) is 13.8. The largest absolute Gasteiger partial charge is 0.507 e. The molecule has 0 heterocycles. The van der Waals surface area contributed by atoms with Crippen molar-refractivity contribution in [2.75, 3.05) is 0 Å². The molecule has 0 saturated heterocycles. The number of aldehydes is 1. The van der Waals surface area contributed by atoms with E-state index < -0.39 is 0 Å². The summed E-state index contributed by atoms with van der Waals surface area (Å²) < 4.78 is 0. The van der Waals surface area contributed by atoms with E-state index in [2.05, 4.69) is 6.08 Å². The maximum Gasteiger partial charge on any atom is 0.153 e. The van der Waals surface area contributed by atoms with E-state index in [1.54, 1.807) is 6.07 Å². The monoisotopic (exact) mass is 174 g/mol. The Morgan fingerprint density at radius 2 is 2.00 bits per heavy atom. The van der Waals surface area contributed by atoms with Gasteiger partial charge in [-0.15, -0.1) is 0 Å². The molecule has 0 amide bonds. The molecule has 0 atom stereocenters. The van der Waals surface area contributed by atoms with Crippen LogP contribution in [0.5, 0.6) is 5.75 Å². The standard InChI is InChI=1S/C11H10O2/c12-7-9-6-5-8-3-1-2-4-10(8)11(9)13/h1-2,5-7,13H,3-4H2. The molecule has 1 aliphatic rings. The van der Waals surface area contributed by atoms with Gasteiger partial charge in [0.25, 0.3) is 0 Å². The number of fused-ring (bicyclic) bond motifs is 1. The molecule has 0 radical (unpaired) electrons. The lowest BCUT2D eigenvalue weighted by Crippen LogP contribution is -1.99. The smallest absolute Gasteiger partial charge is 0.153 e. The Morgan fingerprint density at radius 1 is 1.23 bits per heavy atom. The number of carbonyl (C=O) groups is 1. The average Bonchev–Trinajstić information content (AvgIpc) is 2.19. The molecular weight excluding hydrogens is 164 g/mol. The van der Waals surface area contributed by atoms with Crippen LogP contribution >= 0.6 is 0 Å². The van der Waals surface area contributed by atoms with Gasteiger partial charge in [0.15, 0.2) is 6.29 Å². The van der Waals surface area contributed by atoms with Crippen LogP contribution in [0.3, 0.4) is 0 Å². The number of carbonyl (C=O) groups excluding carboxylic acids is 1. The van der Waals surface area contributed by atoms with Crippen molar-refractivity contribution in [3.8, 4) is 5.75 Å². The summed E-state index contributed by atoms with van der Waals surface area (Å²) in [5, 5.41) is 9.67. The van der Waals surface area contributed by atoms with Gasteiger partial charge < -0.3 is 5.11 Å². The van der Waals surface area contributed by atoms with E-state index in [0.29, 0.717) is 11.8 Å². The molecule has 1 aromatic rings. The molecule has 0 fully saturated rings. The van der Waals surface area contributed by atoms with E-state index in [-0.39, 0.29) is 5.75 Å². The molecule has 0 bridgehead atoms. The van der Waals surface area contributed by atoms with Gasteiger partial charge in [-0.3, -0.25) is 4.79 Å². The van der Waals surface area contributed by atoms with E-state index >= 15 is 0 Å². The number of phenols is 1. The summed E-state index contributed by atoms with van der Waals surface area (Å²) in [7, 11) is 0. The minimum Gasteiger partial charge on any atom is -0.507 e. The van der Waals surface area contributed by atoms with Crippen molar-refractivity contribution < 1.29 is 9.90 Å². The maximum absolute atomic E-state index is 10.5. The van der Waals surface area contributed by atoms with Crippen molar-refractivity contribution in [1.82, 2.24) is 0 Å². The summed E-state index contributed by atoms with van der Waals surface area (Å²) in [5.41, 5.74) is 2.40. The van der Waals surface area contributed by atoms with Gasteiger partial charge in [0.2, 0.25) is 0 Å². The number of rotatable bonds is 1. The molecule has 2 heteroatoms. The Balaban J connectivity index is 2.58. The Kier molecular flexibility index (Phi) is 1.89. The minimum absolute atomic E-state index is 0.150. The van der Waals surface area contributed by atoms with Crippen molar-refractivity contribution >= 4 is 6.29 Å². The summed E-state index contributed by atoms with van der Waals surface area (Å²) in [4.78, 5) is 10.5. The average molecular weight is 174 g/mol. The highest BCUT2D eigenvalue weighted by molar-refractivity contribution is 5.80. The Labute approximate surface area is 76.5 Å². The van der Waals surface area contributed by atoms with Gasteiger partial charge in [-0.05, 0) is 24.5 Å². The summed E-state index contributed by atoms with van der Waals surface area (Å²) >= 11 is 0. The van der Waals surface area contributed by atoms with Crippen LogP contribution in [0.15, 0.2) is 24.3 Å². The highest BCUT2D eigenvalue weighted by Gasteiger charge is 2.12. The predicted octanol–water partition coefficient (Wildman–Crippen LogP) is 1.86. The summed E-state index contributed by atoms with van der Waals surface area (Å²) in [6.07, 6.45) is 6.35. The maximum atomic E-state index is 10.5. The molecule has 13 heavy (non-hydrogen) atoms. The second-order valence-corrected chi connectivity index (χ2v) is 3.14. The Hall–Kier alpha value is -1.57. The first-order valence-corrected chi connectivity index (χ1v) is 4.27. The van der Waals surface area contributed by atoms with Crippen LogP contribution < -0.4 is 0 Å². The molecule has 0 unspecified atom stereocenters. The Bertz CT molecular complexity index is 378. The highest BCUT2D eigenvalue weighted by Crippen LogP contribution is 2.28. The molecule has 1 aromatic carbocycles. The van der Waals surface area contributed by atoms with Crippen molar-refractivity contribution in [3.05, 3.63) is 41.0 Å². The molecule has 2 rings (SSSR count). The first kappa shape index (κ1) is 8.05. The summed E-state index contributed by atoms with van der Waals surface area (Å²) in [6, 6.07) is 3.57. The van der Waals surface area contributed by atoms with Crippen molar-refractivity contribution in [3.63, 3.8) is 0 Å². The van der Waals surface area contributed by atoms with Gasteiger partial charge in [-0.1, -0.05) is 18.2 Å². The zero-order chi connectivity index (χ0) is 9.26. The number of phenolic OH excluding ortho intramolecular Hbond substituents is 1. The number of allylic oxidation sites excluding steroid dienone is 2. The molecule has 0 saturated carbocycles. The molecule has 1 aliphatic carbocycles. The highest BCUT2D eigenvalue weighted by atomic mass is 16.3. The summed E-state index contributed by atoms with van der Waals surface area (Å²) in [5.74, 6) is 0.150. The minimum atomic E-state index is 0.150. The number of benzene rings is 1. The number of hydrogen-bond donors (Lipinski definition) is 1. The van der Waals surface area contributed by atoms with Crippen LogP contribution in [-0.2, 0) is 12.8 Å². The fourth-order valence-electron chi connectivity index (χ4n) is 1.62. The van der Waals surface area contributed by atoms with Crippen LogP contribution in [0, 0.1) is 0 Å². The van der Waals surface area contributed by atoms with Gasteiger partial charge in [0, 0.05) is 5.56 Å². The molecular formula is C11H10O2. The van der Waals surface area contributed by atoms with E-state index in [1.807, 2.05) is 12.1 Å².